The van der Waals surface area contributed by atoms with Crippen molar-refractivity contribution in [2.24, 2.45) is 5.92 Å². The Morgan fingerprint density at radius 3 is 2.55 bits per heavy atom. The van der Waals surface area contributed by atoms with Crippen molar-refractivity contribution >= 4 is 11.6 Å². The second-order valence-corrected chi connectivity index (χ2v) is 4.98. The van der Waals surface area contributed by atoms with E-state index in [0.717, 1.165) is 38.2 Å². The van der Waals surface area contributed by atoms with E-state index in [1.165, 1.54) is 0 Å². The van der Waals surface area contributed by atoms with Crippen molar-refractivity contribution in [3.05, 3.63) is 24.0 Å². The summed E-state index contributed by atoms with van der Waals surface area (Å²) in [6.45, 7) is 10.8. The summed E-state index contributed by atoms with van der Waals surface area (Å²) in [5, 5.41) is 3.23. The Labute approximate surface area is 122 Å². The molecule has 1 amide bonds. The molecule has 20 heavy (non-hydrogen) atoms. The van der Waals surface area contributed by atoms with Crippen LogP contribution in [0.5, 0.6) is 0 Å². The van der Waals surface area contributed by atoms with E-state index in [4.69, 9.17) is 0 Å². The van der Waals surface area contributed by atoms with Gasteiger partial charge in [0, 0.05) is 32.0 Å². The summed E-state index contributed by atoms with van der Waals surface area (Å²) < 4.78 is 0. The van der Waals surface area contributed by atoms with Crippen LogP contribution in [0.3, 0.4) is 0 Å². The van der Waals surface area contributed by atoms with Crippen molar-refractivity contribution in [3.63, 3.8) is 0 Å². The quantitative estimate of drug-likeness (QED) is 0.792. The molecule has 0 saturated heterocycles. The van der Waals surface area contributed by atoms with Crippen molar-refractivity contribution in [2.45, 2.75) is 40.5 Å². The predicted octanol–water partition coefficient (Wildman–Crippen LogP) is 3.41. The molecule has 4 heteroatoms. The van der Waals surface area contributed by atoms with Crippen molar-refractivity contribution in [2.75, 3.05) is 25.0 Å². The number of carbonyl (C=O) groups is 1. The number of nitrogens with zero attached hydrogens (tertiary/aromatic N) is 2. The van der Waals surface area contributed by atoms with Gasteiger partial charge in [-0.1, -0.05) is 26.7 Å². The molecule has 0 aliphatic heterocycles. The lowest BCUT2D eigenvalue weighted by molar-refractivity contribution is 0.0735. The highest BCUT2D eigenvalue weighted by molar-refractivity contribution is 5.99. The summed E-state index contributed by atoms with van der Waals surface area (Å²) in [7, 11) is 0. The lowest BCUT2D eigenvalue weighted by Crippen LogP contribution is -2.35. The molecule has 0 unspecified atom stereocenters. The smallest absolute Gasteiger partial charge is 0.257 e. The molecule has 1 heterocycles. The maximum Gasteiger partial charge on any atom is 0.257 e. The average Bonchev–Trinajstić information content (AvgIpc) is 2.49. The van der Waals surface area contributed by atoms with Crippen LogP contribution in [0.25, 0.3) is 0 Å². The van der Waals surface area contributed by atoms with Gasteiger partial charge in [0.1, 0.15) is 0 Å². The van der Waals surface area contributed by atoms with Crippen LogP contribution in [0.1, 0.15) is 50.9 Å². The predicted molar refractivity (Wildman–Crippen MR) is 84.1 cm³/mol. The molecule has 0 atom stereocenters. The third-order valence-corrected chi connectivity index (χ3v) is 3.72. The Balaban J connectivity index is 2.90. The van der Waals surface area contributed by atoms with Crippen LogP contribution in [0, 0.1) is 5.92 Å². The van der Waals surface area contributed by atoms with E-state index >= 15 is 0 Å². The number of pyridine rings is 1. The van der Waals surface area contributed by atoms with Gasteiger partial charge in [-0.2, -0.15) is 0 Å². The standard InChI is InChI=1S/C16H27N3O/c1-5-13(6-2)12-19(8-4)16(20)14-11-17-10-9-15(14)18-7-3/h9-11,13H,5-8,12H2,1-4H3,(H,17,18). The zero-order valence-corrected chi connectivity index (χ0v) is 13.1. The van der Waals surface area contributed by atoms with Crippen LogP contribution in [0.2, 0.25) is 0 Å². The van der Waals surface area contributed by atoms with E-state index in [-0.39, 0.29) is 5.91 Å². The minimum atomic E-state index is 0.0726. The highest BCUT2D eigenvalue weighted by Crippen LogP contribution is 2.18. The second-order valence-electron chi connectivity index (χ2n) is 4.98. The number of hydrogen-bond acceptors (Lipinski definition) is 3. The monoisotopic (exact) mass is 277 g/mol. The van der Waals surface area contributed by atoms with Crippen molar-refractivity contribution < 1.29 is 4.79 Å². The highest BCUT2D eigenvalue weighted by Gasteiger charge is 2.20. The van der Waals surface area contributed by atoms with E-state index in [0.29, 0.717) is 11.5 Å². The van der Waals surface area contributed by atoms with Crippen LogP contribution in [0.15, 0.2) is 18.5 Å². The molecule has 1 N–H and O–H groups in total. The second kappa shape index (κ2) is 8.56. The third-order valence-electron chi connectivity index (χ3n) is 3.72. The van der Waals surface area contributed by atoms with Crippen LogP contribution in [-0.2, 0) is 0 Å². The van der Waals surface area contributed by atoms with Gasteiger partial charge in [-0.15, -0.1) is 0 Å². The Morgan fingerprint density at radius 2 is 2.00 bits per heavy atom. The normalized spacial score (nSPS) is 10.7. The van der Waals surface area contributed by atoms with E-state index in [1.807, 2.05) is 24.8 Å². The summed E-state index contributed by atoms with van der Waals surface area (Å²) >= 11 is 0. The molecule has 0 aromatic carbocycles. The van der Waals surface area contributed by atoms with Crippen LogP contribution in [0.4, 0.5) is 5.69 Å². The molecule has 1 rings (SSSR count). The third kappa shape index (κ3) is 4.22. The summed E-state index contributed by atoms with van der Waals surface area (Å²) in [5.74, 6) is 0.640. The van der Waals surface area contributed by atoms with Gasteiger partial charge in [-0.3, -0.25) is 9.78 Å². The lowest BCUT2D eigenvalue weighted by Gasteiger charge is -2.26. The number of hydrogen-bond donors (Lipinski definition) is 1. The maximum atomic E-state index is 12.7. The van der Waals surface area contributed by atoms with Gasteiger partial charge in [0.25, 0.3) is 5.91 Å². The molecular formula is C16H27N3O. The van der Waals surface area contributed by atoms with Crippen molar-refractivity contribution in [3.8, 4) is 0 Å². The number of amides is 1. The summed E-state index contributed by atoms with van der Waals surface area (Å²) in [5.41, 5.74) is 1.54. The first-order valence-corrected chi connectivity index (χ1v) is 7.64. The van der Waals surface area contributed by atoms with Gasteiger partial charge in [-0.25, -0.2) is 0 Å². The average molecular weight is 277 g/mol. The van der Waals surface area contributed by atoms with E-state index in [2.05, 4.69) is 24.1 Å². The fourth-order valence-corrected chi connectivity index (χ4v) is 2.29. The van der Waals surface area contributed by atoms with E-state index in [9.17, 15) is 4.79 Å². The number of nitrogens with one attached hydrogen (secondary N) is 1. The van der Waals surface area contributed by atoms with Crippen LogP contribution < -0.4 is 5.32 Å². The first-order valence-electron chi connectivity index (χ1n) is 7.64. The molecule has 0 aliphatic carbocycles. The number of anilines is 1. The molecule has 0 bridgehead atoms. The number of aromatic nitrogens is 1. The molecule has 1 aromatic heterocycles. The molecule has 112 valence electrons. The minimum absolute atomic E-state index is 0.0726. The van der Waals surface area contributed by atoms with E-state index < -0.39 is 0 Å². The van der Waals surface area contributed by atoms with Gasteiger partial charge in [0.05, 0.1) is 11.3 Å². The highest BCUT2D eigenvalue weighted by atomic mass is 16.2. The molecule has 0 aliphatic rings. The molecule has 4 nitrogen and oxygen atoms in total. The minimum Gasteiger partial charge on any atom is -0.385 e. The molecule has 0 fully saturated rings. The molecule has 0 radical (unpaired) electrons. The fourth-order valence-electron chi connectivity index (χ4n) is 2.29. The Morgan fingerprint density at radius 1 is 1.30 bits per heavy atom. The Kier molecular flexibility index (Phi) is 7.05. The van der Waals surface area contributed by atoms with Crippen molar-refractivity contribution in [1.29, 1.82) is 0 Å². The van der Waals surface area contributed by atoms with Crippen molar-refractivity contribution in [1.82, 2.24) is 9.88 Å². The van der Waals surface area contributed by atoms with Gasteiger partial charge in [0.15, 0.2) is 0 Å². The SMILES string of the molecule is CCNc1ccncc1C(=O)N(CC)CC(CC)CC. The molecule has 0 saturated carbocycles. The number of carbonyl (C=O) groups excluding carboxylic acids is 1. The summed E-state index contributed by atoms with van der Waals surface area (Å²) in [6, 6.07) is 1.86. The first kappa shape index (κ1) is 16.5. The Bertz CT molecular complexity index is 416. The topological polar surface area (TPSA) is 45.2 Å². The van der Waals surface area contributed by atoms with Gasteiger partial charge in [0.2, 0.25) is 0 Å². The fraction of sp³-hybridized carbons (Fsp3) is 0.625. The molecule has 0 spiro atoms. The largest absolute Gasteiger partial charge is 0.385 e. The summed E-state index contributed by atoms with van der Waals surface area (Å²) in [4.78, 5) is 18.7. The summed E-state index contributed by atoms with van der Waals surface area (Å²) in [6.07, 6.45) is 5.59. The zero-order valence-electron chi connectivity index (χ0n) is 13.1. The number of rotatable bonds is 8. The van der Waals surface area contributed by atoms with Crippen LogP contribution in [-0.4, -0.2) is 35.4 Å². The zero-order chi connectivity index (χ0) is 15.0. The first-order chi connectivity index (χ1) is 9.67. The molecular weight excluding hydrogens is 250 g/mol. The Hall–Kier alpha value is -1.58. The van der Waals surface area contributed by atoms with Crippen LogP contribution >= 0.6 is 0 Å². The van der Waals surface area contributed by atoms with Gasteiger partial charge in [-0.05, 0) is 25.8 Å². The van der Waals surface area contributed by atoms with Gasteiger partial charge >= 0.3 is 0 Å². The molecule has 1 aromatic rings. The van der Waals surface area contributed by atoms with Gasteiger partial charge < -0.3 is 10.2 Å². The van der Waals surface area contributed by atoms with E-state index in [1.54, 1.807) is 12.4 Å². The lowest BCUT2D eigenvalue weighted by atomic mass is 10.0. The maximum absolute atomic E-state index is 12.7.